The fourth-order valence-electron chi connectivity index (χ4n) is 3.10. The van der Waals surface area contributed by atoms with Crippen molar-refractivity contribution in [2.24, 2.45) is 0 Å². The van der Waals surface area contributed by atoms with Crippen LogP contribution in [0.15, 0.2) is 76.5 Å². The lowest BCUT2D eigenvalue weighted by molar-refractivity contribution is -0.115. The number of hydrogen-bond acceptors (Lipinski definition) is 6. The van der Waals surface area contributed by atoms with Crippen LogP contribution in [-0.2, 0) is 21.6 Å². The van der Waals surface area contributed by atoms with E-state index in [1.54, 1.807) is 36.4 Å². The van der Waals surface area contributed by atoms with E-state index in [0.717, 1.165) is 4.90 Å². The zero-order chi connectivity index (χ0) is 23.6. The number of hydrogen-bond donors (Lipinski definition) is 2. The van der Waals surface area contributed by atoms with Gasteiger partial charge in [-0.05, 0) is 67.1 Å². The van der Waals surface area contributed by atoms with Crippen molar-refractivity contribution >= 4 is 45.2 Å². The third-order valence-electron chi connectivity index (χ3n) is 4.90. The number of halogens is 1. The standard InChI is InChI=1S/C23H19FN2O5S2/c1-14-22(27)26-20-12-16(4-11-21(20)32-14)23(28)25-17-5-7-18(8-6-17)31-13-15-2-9-19(10-3-15)33(24,29)30/h2-12,14H,13H2,1H3,(H,25,28)(H,26,27). The molecule has 170 valence electrons. The monoisotopic (exact) mass is 486 g/mol. The maximum Gasteiger partial charge on any atom is 0.332 e. The summed E-state index contributed by atoms with van der Waals surface area (Å²) in [5, 5.41) is 5.43. The minimum atomic E-state index is -4.73. The van der Waals surface area contributed by atoms with Crippen molar-refractivity contribution in [2.75, 3.05) is 10.6 Å². The number of carbonyl (C=O) groups is 2. The average molecular weight is 487 g/mol. The molecule has 3 aromatic rings. The molecule has 0 bridgehead atoms. The first-order chi connectivity index (χ1) is 15.7. The Morgan fingerprint density at radius 2 is 1.79 bits per heavy atom. The molecule has 1 aliphatic heterocycles. The topological polar surface area (TPSA) is 102 Å². The zero-order valence-corrected chi connectivity index (χ0v) is 19.0. The van der Waals surface area contributed by atoms with Crippen LogP contribution in [-0.4, -0.2) is 25.5 Å². The Kier molecular flexibility index (Phi) is 6.39. The SMILES string of the molecule is CC1Sc2ccc(C(=O)Nc3ccc(OCc4ccc(S(=O)(=O)F)cc4)cc3)cc2NC1=O. The Hall–Kier alpha value is -3.37. The summed E-state index contributed by atoms with van der Waals surface area (Å²) in [6.45, 7) is 1.99. The van der Waals surface area contributed by atoms with Gasteiger partial charge in [0.15, 0.2) is 0 Å². The summed E-state index contributed by atoms with van der Waals surface area (Å²) in [6, 6.07) is 17.2. The summed E-state index contributed by atoms with van der Waals surface area (Å²) in [4.78, 5) is 25.0. The Bertz CT molecular complexity index is 1310. The van der Waals surface area contributed by atoms with Crippen molar-refractivity contribution in [1.29, 1.82) is 0 Å². The molecule has 1 heterocycles. The summed E-state index contributed by atoms with van der Waals surface area (Å²) in [5.74, 6) is 0.133. The molecule has 1 aliphatic rings. The highest BCUT2D eigenvalue weighted by Crippen LogP contribution is 2.36. The van der Waals surface area contributed by atoms with E-state index >= 15 is 0 Å². The van der Waals surface area contributed by atoms with Crippen molar-refractivity contribution in [1.82, 2.24) is 0 Å². The molecule has 3 aromatic carbocycles. The van der Waals surface area contributed by atoms with Gasteiger partial charge in [0, 0.05) is 16.1 Å². The second kappa shape index (κ2) is 9.24. The lowest BCUT2D eigenvalue weighted by atomic mass is 10.1. The molecule has 10 heteroatoms. The molecule has 0 fully saturated rings. The Morgan fingerprint density at radius 3 is 2.45 bits per heavy atom. The minimum Gasteiger partial charge on any atom is -0.489 e. The van der Waals surface area contributed by atoms with Gasteiger partial charge in [0.25, 0.3) is 5.91 Å². The highest BCUT2D eigenvalue weighted by atomic mass is 32.3. The number of anilines is 2. The van der Waals surface area contributed by atoms with E-state index in [4.69, 9.17) is 4.74 Å². The highest BCUT2D eigenvalue weighted by Gasteiger charge is 2.23. The van der Waals surface area contributed by atoms with E-state index in [1.165, 1.54) is 36.0 Å². The van der Waals surface area contributed by atoms with Gasteiger partial charge in [-0.2, -0.15) is 8.42 Å². The molecule has 7 nitrogen and oxygen atoms in total. The van der Waals surface area contributed by atoms with Crippen LogP contribution in [0.25, 0.3) is 0 Å². The van der Waals surface area contributed by atoms with Gasteiger partial charge in [0.05, 0.1) is 15.8 Å². The molecule has 2 N–H and O–H groups in total. The van der Waals surface area contributed by atoms with Crippen LogP contribution in [0.5, 0.6) is 5.75 Å². The molecule has 0 aromatic heterocycles. The number of thioether (sulfide) groups is 1. The second-order valence-electron chi connectivity index (χ2n) is 7.31. The fraction of sp³-hybridized carbons (Fsp3) is 0.130. The van der Waals surface area contributed by atoms with Gasteiger partial charge in [-0.3, -0.25) is 9.59 Å². The molecular formula is C23H19FN2O5S2. The molecule has 2 amide bonds. The molecule has 1 atom stereocenters. The molecule has 0 spiro atoms. The Balaban J connectivity index is 1.35. The maximum atomic E-state index is 12.9. The van der Waals surface area contributed by atoms with Crippen molar-refractivity contribution < 1.29 is 26.6 Å². The van der Waals surface area contributed by atoms with E-state index in [9.17, 15) is 21.9 Å². The van der Waals surface area contributed by atoms with E-state index in [0.29, 0.717) is 28.3 Å². The highest BCUT2D eigenvalue weighted by molar-refractivity contribution is 8.01. The first kappa shape index (κ1) is 22.8. The number of carbonyl (C=O) groups excluding carboxylic acids is 2. The van der Waals surface area contributed by atoms with E-state index < -0.39 is 15.1 Å². The Labute approximate surface area is 194 Å². The molecule has 33 heavy (non-hydrogen) atoms. The molecular weight excluding hydrogens is 467 g/mol. The first-order valence-corrected chi connectivity index (χ1v) is 12.1. The number of amides is 2. The number of benzene rings is 3. The van der Waals surface area contributed by atoms with Gasteiger partial charge in [0.2, 0.25) is 5.91 Å². The number of nitrogens with one attached hydrogen (secondary N) is 2. The van der Waals surface area contributed by atoms with Gasteiger partial charge in [-0.1, -0.05) is 12.1 Å². The largest absolute Gasteiger partial charge is 0.489 e. The third kappa shape index (κ3) is 5.52. The van der Waals surface area contributed by atoms with Gasteiger partial charge < -0.3 is 15.4 Å². The quantitative estimate of drug-likeness (QED) is 0.494. The van der Waals surface area contributed by atoms with Crippen molar-refractivity contribution in [3.63, 3.8) is 0 Å². The predicted molar refractivity (Wildman–Crippen MR) is 124 cm³/mol. The van der Waals surface area contributed by atoms with E-state index in [1.807, 2.05) is 13.0 Å². The van der Waals surface area contributed by atoms with Crippen molar-refractivity contribution in [2.45, 2.75) is 28.6 Å². The molecule has 1 unspecified atom stereocenters. The maximum absolute atomic E-state index is 12.9. The number of rotatable bonds is 6. The van der Waals surface area contributed by atoms with E-state index in [-0.39, 0.29) is 23.7 Å². The fourth-order valence-corrected chi connectivity index (χ4v) is 4.49. The van der Waals surface area contributed by atoms with Crippen molar-refractivity contribution in [3.05, 3.63) is 77.9 Å². The smallest absolute Gasteiger partial charge is 0.332 e. The predicted octanol–water partition coefficient (Wildman–Crippen LogP) is 4.61. The van der Waals surface area contributed by atoms with Gasteiger partial charge >= 0.3 is 10.2 Å². The lowest BCUT2D eigenvalue weighted by Crippen LogP contribution is -2.26. The average Bonchev–Trinajstić information content (AvgIpc) is 2.79. The van der Waals surface area contributed by atoms with Gasteiger partial charge in [-0.15, -0.1) is 15.6 Å². The molecule has 0 radical (unpaired) electrons. The summed E-state index contributed by atoms with van der Waals surface area (Å²) >= 11 is 1.45. The Morgan fingerprint density at radius 1 is 1.09 bits per heavy atom. The van der Waals surface area contributed by atoms with Gasteiger partial charge in [0.1, 0.15) is 12.4 Å². The summed E-state index contributed by atoms with van der Waals surface area (Å²) in [5.41, 5.74) is 2.28. The number of fused-ring (bicyclic) bond motifs is 1. The van der Waals surface area contributed by atoms with Crippen LogP contribution < -0.4 is 15.4 Å². The van der Waals surface area contributed by atoms with Crippen LogP contribution in [0.2, 0.25) is 0 Å². The molecule has 0 saturated heterocycles. The van der Waals surface area contributed by atoms with Crippen LogP contribution in [0.3, 0.4) is 0 Å². The van der Waals surface area contributed by atoms with Crippen LogP contribution >= 0.6 is 11.8 Å². The van der Waals surface area contributed by atoms with Gasteiger partial charge in [-0.25, -0.2) is 0 Å². The number of ether oxygens (including phenoxy) is 1. The summed E-state index contributed by atoms with van der Waals surface area (Å²) < 4.78 is 40.3. The zero-order valence-electron chi connectivity index (χ0n) is 17.4. The van der Waals surface area contributed by atoms with Crippen LogP contribution in [0.4, 0.5) is 15.3 Å². The molecule has 4 rings (SSSR count). The first-order valence-electron chi connectivity index (χ1n) is 9.88. The van der Waals surface area contributed by atoms with Crippen molar-refractivity contribution in [3.8, 4) is 5.75 Å². The summed E-state index contributed by atoms with van der Waals surface area (Å²) in [6.07, 6.45) is 0. The minimum absolute atomic E-state index is 0.0935. The third-order valence-corrected chi connectivity index (χ3v) is 6.91. The normalized spacial score (nSPS) is 15.3. The molecule has 0 aliphatic carbocycles. The van der Waals surface area contributed by atoms with E-state index in [2.05, 4.69) is 10.6 Å². The summed E-state index contributed by atoms with van der Waals surface area (Å²) in [7, 11) is -4.73. The van der Waals surface area contributed by atoms with Crippen LogP contribution in [0.1, 0.15) is 22.8 Å². The lowest BCUT2D eigenvalue weighted by Gasteiger charge is -2.21. The second-order valence-corrected chi connectivity index (χ2v) is 10.0. The van der Waals surface area contributed by atoms with Crippen LogP contribution in [0, 0.1) is 0 Å². The molecule has 0 saturated carbocycles.